The van der Waals surface area contributed by atoms with Crippen LogP contribution in [0.3, 0.4) is 0 Å². The maximum absolute atomic E-state index is 11.9. The number of hydrogen-bond acceptors (Lipinski definition) is 2. The van der Waals surface area contributed by atoms with Gasteiger partial charge in [-0.2, -0.15) is 5.26 Å². The van der Waals surface area contributed by atoms with E-state index in [1.807, 2.05) is 24.3 Å². The van der Waals surface area contributed by atoms with Crippen LogP contribution in [0.4, 0.5) is 0 Å². The Hall–Kier alpha value is -1.34. The highest BCUT2D eigenvalue weighted by Gasteiger charge is 2.13. The van der Waals surface area contributed by atoms with Gasteiger partial charge < -0.3 is 4.90 Å². The molecule has 0 aromatic heterocycles. The van der Waals surface area contributed by atoms with E-state index in [-0.39, 0.29) is 5.91 Å². The Bertz CT molecular complexity index is 398. The summed E-state index contributed by atoms with van der Waals surface area (Å²) in [5.41, 5.74) is 0.623. The lowest BCUT2D eigenvalue weighted by Gasteiger charge is -2.16. The minimum Gasteiger partial charge on any atom is -0.341 e. The van der Waals surface area contributed by atoms with Crippen molar-refractivity contribution in [3.05, 3.63) is 34.3 Å². The first-order valence-electron chi connectivity index (χ1n) is 4.53. The van der Waals surface area contributed by atoms with Crippen LogP contribution in [-0.4, -0.2) is 24.4 Å². The molecule has 1 rings (SSSR count). The molecule has 0 N–H and O–H groups in total. The Morgan fingerprint density at radius 2 is 2.20 bits per heavy atom. The molecule has 0 fully saturated rings. The van der Waals surface area contributed by atoms with Crippen molar-refractivity contribution < 1.29 is 4.79 Å². The quantitative estimate of drug-likeness (QED) is 0.844. The third-order valence-corrected chi connectivity index (χ3v) is 2.70. The number of benzene rings is 1. The van der Waals surface area contributed by atoms with E-state index in [4.69, 9.17) is 5.26 Å². The van der Waals surface area contributed by atoms with Crippen LogP contribution >= 0.6 is 15.9 Å². The van der Waals surface area contributed by atoms with E-state index in [9.17, 15) is 4.79 Å². The first-order chi connectivity index (χ1) is 7.16. The van der Waals surface area contributed by atoms with E-state index in [0.29, 0.717) is 18.5 Å². The standard InChI is InChI=1S/C11H11BrN2O/c1-14(8-4-7-13)11(15)9-5-2-3-6-10(9)12/h2-3,5-6H,4,8H2,1H3. The average molecular weight is 267 g/mol. The molecular formula is C11H11BrN2O. The number of hydrogen-bond donors (Lipinski definition) is 0. The van der Waals surface area contributed by atoms with Crippen molar-refractivity contribution in [3.8, 4) is 6.07 Å². The van der Waals surface area contributed by atoms with E-state index in [2.05, 4.69) is 15.9 Å². The molecule has 0 unspecified atom stereocenters. The first kappa shape index (κ1) is 11.7. The van der Waals surface area contributed by atoms with E-state index in [0.717, 1.165) is 4.47 Å². The van der Waals surface area contributed by atoms with Crippen LogP contribution in [0.5, 0.6) is 0 Å². The summed E-state index contributed by atoms with van der Waals surface area (Å²) in [6, 6.07) is 9.27. The Kier molecular flexibility index (Phi) is 4.32. The molecule has 15 heavy (non-hydrogen) atoms. The van der Waals surface area contributed by atoms with Crippen LogP contribution < -0.4 is 0 Å². The molecule has 0 atom stereocenters. The van der Waals surface area contributed by atoms with Gasteiger partial charge in [0.25, 0.3) is 5.91 Å². The van der Waals surface area contributed by atoms with E-state index >= 15 is 0 Å². The Labute approximate surface area is 97.4 Å². The fraction of sp³-hybridized carbons (Fsp3) is 0.273. The summed E-state index contributed by atoms with van der Waals surface area (Å²) in [7, 11) is 1.69. The van der Waals surface area contributed by atoms with Crippen molar-refractivity contribution in [2.24, 2.45) is 0 Å². The zero-order valence-electron chi connectivity index (χ0n) is 8.40. The number of carbonyl (C=O) groups is 1. The molecule has 0 aliphatic carbocycles. The Morgan fingerprint density at radius 3 is 2.80 bits per heavy atom. The van der Waals surface area contributed by atoms with E-state index in [1.165, 1.54) is 0 Å². The Balaban J connectivity index is 2.77. The predicted molar refractivity (Wildman–Crippen MR) is 61.3 cm³/mol. The van der Waals surface area contributed by atoms with Gasteiger partial charge in [0.2, 0.25) is 0 Å². The summed E-state index contributed by atoms with van der Waals surface area (Å²) in [4.78, 5) is 13.4. The summed E-state index contributed by atoms with van der Waals surface area (Å²) >= 11 is 3.32. The van der Waals surface area contributed by atoms with Gasteiger partial charge in [0.05, 0.1) is 18.1 Å². The van der Waals surface area contributed by atoms with Gasteiger partial charge in [0, 0.05) is 18.1 Å². The van der Waals surface area contributed by atoms with Crippen LogP contribution in [-0.2, 0) is 0 Å². The summed E-state index contributed by atoms with van der Waals surface area (Å²) in [5.74, 6) is -0.0716. The maximum Gasteiger partial charge on any atom is 0.254 e. The molecule has 0 radical (unpaired) electrons. The second-order valence-corrected chi connectivity index (χ2v) is 3.97. The summed E-state index contributed by atoms with van der Waals surface area (Å²) < 4.78 is 0.777. The third-order valence-electron chi connectivity index (χ3n) is 2.01. The zero-order chi connectivity index (χ0) is 11.3. The fourth-order valence-electron chi connectivity index (χ4n) is 1.16. The number of carbonyl (C=O) groups excluding carboxylic acids is 1. The second kappa shape index (κ2) is 5.52. The summed E-state index contributed by atoms with van der Waals surface area (Å²) in [6.07, 6.45) is 0.354. The molecule has 1 aromatic rings. The number of amides is 1. The molecule has 0 saturated carbocycles. The lowest BCUT2D eigenvalue weighted by Crippen LogP contribution is -2.27. The largest absolute Gasteiger partial charge is 0.341 e. The summed E-state index contributed by atoms with van der Waals surface area (Å²) in [6.45, 7) is 0.455. The van der Waals surface area contributed by atoms with Crippen LogP contribution in [0, 0.1) is 11.3 Å². The topological polar surface area (TPSA) is 44.1 Å². The molecule has 4 heteroatoms. The van der Waals surface area contributed by atoms with Crippen molar-refractivity contribution in [1.29, 1.82) is 5.26 Å². The van der Waals surface area contributed by atoms with Crippen LogP contribution in [0.25, 0.3) is 0 Å². The Morgan fingerprint density at radius 1 is 1.53 bits per heavy atom. The van der Waals surface area contributed by atoms with Crippen molar-refractivity contribution in [3.63, 3.8) is 0 Å². The number of nitrogens with zero attached hydrogens (tertiary/aromatic N) is 2. The van der Waals surface area contributed by atoms with Gasteiger partial charge in [-0.1, -0.05) is 12.1 Å². The van der Waals surface area contributed by atoms with Crippen LogP contribution in [0.15, 0.2) is 28.7 Å². The van der Waals surface area contributed by atoms with Crippen molar-refractivity contribution in [2.75, 3.05) is 13.6 Å². The van der Waals surface area contributed by atoms with Gasteiger partial charge in [-0.3, -0.25) is 4.79 Å². The van der Waals surface area contributed by atoms with Crippen LogP contribution in [0.2, 0.25) is 0 Å². The van der Waals surface area contributed by atoms with Gasteiger partial charge in [-0.15, -0.1) is 0 Å². The minimum absolute atomic E-state index is 0.0716. The molecule has 0 bridgehead atoms. The predicted octanol–water partition coefficient (Wildman–Crippen LogP) is 2.43. The van der Waals surface area contributed by atoms with Crippen molar-refractivity contribution >= 4 is 21.8 Å². The highest BCUT2D eigenvalue weighted by Crippen LogP contribution is 2.17. The summed E-state index contributed by atoms with van der Waals surface area (Å²) in [5, 5.41) is 8.42. The molecule has 1 amide bonds. The SMILES string of the molecule is CN(CCC#N)C(=O)c1ccccc1Br. The van der Waals surface area contributed by atoms with Gasteiger partial charge in [-0.25, -0.2) is 0 Å². The molecule has 0 heterocycles. The second-order valence-electron chi connectivity index (χ2n) is 3.11. The monoisotopic (exact) mass is 266 g/mol. The molecule has 0 saturated heterocycles. The zero-order valence-corrected chi connectivity index (χ0v) is 9.99. The van der Waals surface area contributed by atoms with Gasteiger partial charge >= 0.3 is 0 Å². The first-order valence-corrected chi connectivity index (χ1v) is 5.33. The molecule has 3 nitrogen and oxygen atoms in total. The van der Waals surface area contributed by atoms with Gasteiger partial charge in [0.15, 0.2) is 0 Å². The molecule has 0 aliphatic rings. The van der Waals surface area contributed by atoms with E-state index < -0.39 is 0 Å². The third kappa shape index (κ3) is 3.07. The van der Waals surface area contributed by atoms with Crippen molar-refractivity contribution in [2.45, 2.75) is 6.42 Å². The highest BCUT2D eigenvalue weighted by atomic mass is 79.9. The number of nitriles is 1. The molecular weight excluding hydrogens is 256 g/mol. The molecule has 0 spiro atoms. The van der Waals surface area contributed by atoms with Crippen molar-refractivity contribution in [1.82, 2.24) is 4.90 Å². The van der Waals surface area contributed by atoms with E-state index in [1.54, 1.807) is 18.0 Å². The lowest BCUT2D eigenvalue weighted by molar-refractivity contribution is 0.0797. The highest BCUT2D eigenvalue weighted by molar-refractivity contribution is 9.10. The number of halogens is 1. The fourth-order valence-corrected chi connectivity index (χ4v) is 1.61. The smallest absolute Gasteiger partial charge is 0.254 e. The van der Waals surface area contributed by atoms with Crippen LogP contribution in [0.1, 0.15) is 16.8 Å². The number of rotatable bonds is 3. The van der Waals surface area contributed by atoms with Gasteiger partial charge in [0.1, 0.15) is 0 Å². The molecule has 1 aromatic carbocycles. The van der Waals surface area contributed by atoms with Gasteiger partial charge in [-0.05, 0) is 28.1 Å². The molecule has 78 valence electrons. The molecule has 0 aliphatic heterocycles. The normalized spacial score (nSPS) is 9.40. The minimum atomic E-state index is -0.0716. The maximum atomic E-state index is 11.9. The average Bonchev–Trinajstić information content (AvgIpc) is 2.25. The lowest BCUT2D eigenvalue weighted by atomic mass is 10.2.